The molecule has 0 unspecified atom stereocenters. The molecule has 6 nitrogen and oxygen atoms in total. The number of nitrogens with two attached hydrogens (primary N) is 1. The summed E-state index contributed by atoms with van der Waals surface area (Å²) in [6.45, 7) is 2.83. The Morgan fingerprint density at radius 1 is 1.41 bits per heavy atom. The molecule has 0 bridgehead atoms. The summed E-state index contributed by atoms with van der Waals surface area (Å²) in [5.41, 5.74) is 7.37. The van der Waals surface area contributed by atoms with Crippen LogP contribution in [0.4, 0.5) is 5.69 Å². The van der Waals surface area contributed by atoms with Crippen molar-refractivity contribution < 1.29 is 4.74 Å². The Hall–Kier alpha value is -2.11. The molecule has 0 saturated carbocycles. The first-order valence-corrected chi connectivity index (χ1v) is 5.46. The van der Waals surface area contributed by atoms with Crippen molar-refractivity contribution >= 4 is 5.69 Å². The predicted octanol–water partition coefficient (Wildman–Crippen LogP) is 1.34. The zero-order chi connectivity index (χ0) is 12.3. The monoisotopic (exact) mass is 233 g/mol. The summed E-state index contributed by atoms with van der Waals surface area (Å²) < 4.78 is 6.92. The first-order valence-electron chi connectivity index (χ1n) is 5.46. The van der Waals surface area contributed by atoms with Crippen LogP contribution in [-0.2, 0) is 6.54 Å². The summed E-state index contributed by atoms with van der Waals surface area (Å²) in [4.78, 5) is 0. The van der Waals surface area contributed by atoms with Gasteiger partial charge in [0.1, 0.15) is 5.75 Å². The van der Waals surface area contributed by atoms with Crippen molar-refractivity contribution in [3.8, 4) is 17.1 Å². The molecule has 1 heterocycles. The fourth-order valence-corrected chi connectivity index (χ4v) is 1.62. The van der Waals surface area contributed by atoms with Crippen LogP contribution in [0.2, 0.25) is 0 Å². The Morgan fingerprint density at radius 2 is 2.24 bits per heavy atom. The molecule has 90 valence electrons. The summed E-state index contributed by atoms with van der Waals surface area (Å²) in [6.07, 6.45) is 0.960. The Morgan fingerprint density at radius 3 is 2.94 bits per heavy atom. The maximum Gasteiger partial charge on any atom is 0.184 e. The molecule has 0 aliphatic carbocycles. The molecular weight excluding hydrogens is 218 g/mol. The van der Waals surface area contributed by atoms with E-state index in [0.29, 0.717) is 11.5 Å². The first-order chi connectivity index (χ1) is 8.26. The maximum absolute atomic E-state index is 5.94. The minimum atomic E-state index is 0.637. The van der Waals surface area contributed by atoms with Gasteiger partial charge in [-0.3, -0.25) is 0 Å². The number of nitrogens with zero attached hydrogens (tertiary/aromatic N) is 4. The quantitative estimate of drug-likeness (QED) is 0.806. The standard InChI is InChI=1S/C11H15N5O/c1-3-6-16-11(13-14-15-16)9-7-8(17-2)4-5-10(9)12/h4-5,7H,3,6,12H2,1-2H3. The highest BCUT2D eigenvalue weighted by molar-refractivity contribution is 5.72. The molecule has 2 aromatic rings. The third kappa shape index (κ3) is 2.20. The zero-order valence-corrected chi connectivity index (χ0v) is 9.92. The topological polar surface area (TPSA) is 78.8 Å². The number of aromatic nitrogens is 4. The van der Waals surface area contributed by atoms with E-state index in [0.717, 1.165) is 24.3 Å². The van der Waals surface area contributed by atoms with Crippen molar-refractivity contribution in [2.45, 2.75) is 19.9 Å². The van der Waals surface area contributed by atoms with Crippen LogP contribution in [0, 0.1) is 0 Å². The number of methoxy groups -OCH3 is 1. The molecule has 17 heavy (non-hydrogen) atoms. The summed E-state index contributed by atoms with van der Waals surface area (Å²) >= 11 is 0. The van der Waals surface area contributed by atoms with Gasteiger partial charge in [-0.25, -0.2) is 4.68 Å². The van der Waals surface area contributed by atoms with Crippen molar-refractivity contribution in [3.05, 3.63) is 18.2 Å². The van der Waals surface area contributed by atoms with Crippen LogP contribution < -0.4 is 10.5 Å². The number of benzene rings is 1. The molecule has 0 saturated heterocycles. The van der Waals surface area contributed by atoms with Crippen LogP contribution in [0.15, 0.2) is 18.2 Å². The van der Waals surface area contributed by atoms with E-state index >= 15 is 0 Å². The lowest BCUT2D eigenvalue weighted by molar-refractivity contribution is 0.415. The molecule has 1 aromatic heterocycles. The second-order valence-electron chi connectivity index (χ2n) is 3.68. The Labute approximate surface area is 99.4 Å². The molecule has 0 aliphatic heterocycles. The second kappa shape index (κ2) is 4.82. The van der Waals surface area contributed by atoms with Gasteiger partial charge in [0.05, 0.1) is 7.11 Å². The van der Waals surface area contributed by atoms with Crippen molar-refractivity contribution in [2.24, 2.45) is 0 Å². The van der Waals surface area contributed by atoms with E-state index < -0.39 is 0 Å². The van der Waals surface area contributed by atoms with Crippen LogP contribution in [-0.4, -0.2) is 27.3 Å². The third-order valence-electron chi connectivity index (χ3n) is 2.47. The predicted molar refractivity (Wildman–Crippen MR) is 64.5 cm³/mol. The van der Waals surface area contributed by atoms with Crippen LogP contribution in [0.3, 0.4) is 0 Å². The van der Waals surface area contributed by atoms with Gasteiger partial charge in [0.2, 0.25) is 0 Å². The van der Waals surface area contributed by atoms with E-state index in [9.17, 15) is 0 Å². The van der Waals surface area contributed by atoms with E-state index in [-0.39, 0.29) is 0 Å². The third-order valence-corrected chi connectivity index (χ3v) is 2.47. The minimum Gasteiger partial charge on any atom is -0.497 e. The number of rotatable bonds is 4. The summed E-state index contributed by atoms with van der Waals surface area (Å²) in [5.74, 6) is 1.41. The normalized spacial score (nSPS) is 10.5. The van der Waals surface area contributed by atoms with Gasteiger partial charge in [0.25, 0.3) is 0 Å². The SMILES string of the molecule is CCCn1nnnc1-c1cc(OC)ccc1N. The molecule has 1 aromatic carbocycles. The van der Waals surface area contributed by atoms with Gasteiger partial charge in [-0.1, -0.05) is 6.92 Å². The lowest BCUT2D eigenvalue weighted by Crippen LogP contribution is -2.03. The average Bonchev–Trinajstić information content (AvgIpc) is 2.78. The largest absolute Gasteiger partial charge is 0.497 e. The lowest BCUT2D eigenvalue weighted by Gasteiger charge is -2.07. The molecule has 0 aliphatic rings. The van der Waals surface area contributed by atoms with E-state index in [1.54, 1.807) is 17.9 Å². The number of aryl methyl sites for hydroxylation is 1. The highest BCUT2D eigenvalue weighted by Crippen LogP contribution is 2.27. The smallest absolute Gasteiger partial charge is 0.184 e. The molecule has 0 atom stereocenters. The Bertz CT molecular complexity index is 508. The van der Waals surface area contributed by atoms with Gasteiger partial charge in [0.15, 0.2) is 5.82 Å². The molecule has 0 radical (unpaired) electrons. The fourth-order valence-electron chi connectivity index (χ4n) is 1.62. The fraction of sp³-hybridized carbons (Fsp3) is 0.364. The molecule has 0 spiro atoms. The van der Waals surface area contributed by atoms with Crippen LogP contribution >= 0.6 is 0 Å². The number of ether oxygens (including phenoxy) is 1. The van der Waals surface area contributed by atoms with E-state index in [2.05, 4.69) is 22.4 Å². The van der Waals surface area contributed by atoms with Gasteiger partial charge in [-0.15, -0.1) is 5.10 Å². The average molecular weight is 233 g/mol. The highest BCUT2D eigenvalue weighted by atomic mass is 16.5. The second-order valence-corrected chi connectivity index (χ2v) is 3.68. The molecule has 2 N–H and O–H groups in total. The summed E-state index contributed by atoms with van der Waals surface area (Å²) in [6, 6.07) is 5.44. The highest BCUT2D eigenvalue weighted by Gasteiger charge is 2.12. The Balaban J connectivity index is 2.47. The van der Waals surface area contributed by atoms with Gasteiger partial charge < -0.3 is 10.5 Å². The van der Waals surface area contributed by atoms with E-state index in [1.165, 1.54) is 0 Å². The van der Waals surface area contributed by atoms with Crippen molar-refractivity contribution in [1.29, 1.82) is 0 Å². The van der Waals surface area contributed by atoms with Gasteiger partial charge in [-0.05, 0) is 35.0 Å². The summed E-state index contributed by atoms with van der Waals surface area (Å²) in [7, 11) is 1.62. The lowest BCUT2D eigenvalue weighted by atomic mass is 10.1. The number of nitrogen functional groups attached to an aromatic ring is 1. The molecular formula is C11H15N5O. The number of anilines is 1. The van der Waals surface area contributed by atoms with Crippen LogP contribution in [0.1, 0.15) is 13.3 Å². The molecule has 0 fully saturated rings. The van der Waals surface area contributed by atoms with Crippen molar-refractivity contribution in [2.75, 3.05) is 12.8 Å². The maximum atomic E-state index is 5.94. The number of hydrogen-bond donors (Lipinski definition) is 1. The summed E-state index contributed by atoms with van der Waals surface area (Å²) in [5, 5.41) is 11.6. The number of hydrogen-bond acceptors (Lipinski definition) is 5. The first kappa shape index (κ1) is 11.4. The molecule has 6 heteroatoms. The van der Waals surface area contributed by atoms with Gasteiger partial charge in [-0.2, -0.15) is 0 Å². The Kier molecular flexibility index (Phi) is 3.22. The van der Waals surface area contributed by atoms with Crippen molar-refractivity contribution in [3.63, 3.8) is 0 Å². The van der Waals surface area contributed by atoms with Crippen LogP contribution in [0.25, 0.3) is 11.4 Å². The van der Waals surface area contributed by atoms with E-state index in [4.69, 9.17) is 10.5 Å². The van der Waals surface area contributed by atoms with Crippen molar-refractivity contribution in [1.82, 2.24) is 20.2 Å². The molecule has 0 amide bonds. The minimum absolute atomic E-state index is 0.637. The van der Waals surface area contributed by atoms with Crippen LogP contribution in [0.5, 0.6) is 5.75 Å². The van der Waals surface area contributed by atoms with E-state index in [1.807, 2.05) is 12.1 Å². The van der Waals surface area contributed by atoms with Gasteiger partial charge >= 0.3 is 0 Å². The molecule has 2 rings (SSSR count). The van der Waals surface area contributed by atoms with Gasteiger partial charge in [0, 0.05) is 17.8 Å². The number of tetrazole rings is 1. The zero-order valence-electron chi connectivity index (χ0n) is 9.92.